The van der Waals surface area contributed by atoms with E-state index in [2.05, 4.69) is 48.0 Å². The number of piperidine rings is 1. The molecule has 0 radical (unpaired) electrons. The van der Waals surface area contributed by atoms with Gasteiger partial charge in [0.05, 0.1) is 23.3 Å². The summed E-state index contributed by atoms with van der Waals surface area (Å²) < 4.78 is 4.93. The Morgan fingerprint density at radius 3 is 2.33 bits per heavy atom. The molecule has 7 heteroatoms. The van der Waals surface area contributed by atoms with Gasteiger partial charge in [-0.15, -0.1) is 0 Å². The summed E-state index contributed by atoms with van der Waals surface area (Å²) in [4.78, 5) is 30.5. The number of carbonyl (C=O) groups excluding carboxylic acids is 2. The summed E-state index contributed by atoms with van der Waals surface area (Å²) in [6.45, 7) is 8.15. The monoisotopic (exact) mass is 599 g/mol. The first-order valence-corrected chi connectivity index (χ1v) is 15.7. The molecule has 6 nitrogen and oxygen atoms in total. The molecule has 1 heterocycles. The number of ether oxygens (including phenoxy) is 1. The number of nitrogens with zero attached hydrogens (tertiary/aromatic N) is 2. The highest BCUT2D eigenvalue weighted by atomic mass is 32.1. The van der Waals surface area contributed by atoms with Gasteiger partial charge in [0.1, 0.15) is 5.75 Å². The lowest BCUT2D eigenvalue weighted by Crippen LogP contribution is -2.48. The fourth-order valence-corrected chi connectivity index (χ4v) is 6.58. The van der Waals surface area contributed by atoms with Crippen molar-refractivity contribution >= 4 is 24.4 Å². The minimum Gasteiger partial charge on any atom is -0.496 e. The van der Waals surface area contributed by atoms with Crippen molar-refractivity contribution in [1.29, 1.82) is 0 Å². The van der Waals surface area contributed by atoms with Crippen molar-refractivity contribution in [2.45, 2.75) is 55.7 Å². The average molecular weight is 600 g/mol. The number of fused-ring (bicyclic) bond motifs is 1. The number of carbonyl (C=O) groups is 2. The second-order valence-electron chi connectivity index (χ2n) is 11.3. The van der Waals surface area contributed by atoms with E-state index in [4.69, 9.17) is 17.4 Å². The third-order valence-electron chi connectivity index (χ3n) is 8.51. The number of para-hydroxylation sites is 1. The van der Waals surface area contributed by atoms with Crippen molar-refractivity contribution in [2.75, 3.05) is 33.8 Å². The van der Waals surface area contributed by atoms with E-state index in [9.17, 15) is 9.59 Å². The highest BCUT2D eigenvalue weighted by Gasteiger charge is 2.42. The van der Waals surface area contributed by atoms with Crippen LogP contribution in [0.5, 0.6) is 5.75 Å². The summed E-state index contributed by atoms with van der Waals surface area (Å²) in [6, 6.07) is 25.9. The number of thiol groups is 1. The van der Waals surface area contributed by atoms with Crippen LogP contribution in [-0.4, -0.2) is 61.4 Å². The Labute approximate surface area is 262 Å². The maximum absolute atomic E-state index is 13.7. The SMILES string of the molecule is C=CN(C)CCC.COc1ccccc1C(=O)NC1CCN(C(=O)[C@H]2CC[C@@](S)(c3ccccc3)c3ccccc32)CC1. The average Bonchev–Trinajstić information content (AvgIpc) is 3.06. The van der Waals surface area contributed by atoms with Crippen molar-refractivity contribution in [1.82, 2.24) is 15.1 Å². The zero-order valence-electron chi connectivity index (χ0n) is 25.7. The van der Waals surface area contributed by atoms with E-state index in [-0.39, 0.29) is 23.8 Å². The van der Waals surface area contributed by atoms with Gasteiger partial charge >= 0.3 is 0 Å². The summed E-state index contributed by atoms with van der Waals surface area (Å²) in [7, 11) is 3.59. The number of nitrogens with one attached hydrogen (secondary N) is 1. The molecule has 0 aromatic heterocycles. The number of hydrogen-bond acceptors (Lipinski definition) is 5. The molecule has 43 heavy (non-hydrogen) atoms. The summed E-state index contributed by atoms with van der Waals surface area (Å²) in [6.07, 6.45) is 6.08. The van der Waals surface area contributed by atoms with Gasteiger partial charge in [0.25, 0.3) is 5.91 Å². The lowest BCUT2D eigenvalue weighted by Gasteiger charge is -2.41. The molecule has 1 saturated heterocycles. The summed E-state index contributed by atoms with van der Waals surface area (Å²) in [5, 5.41) is 3.13. The van der Waals surface area contributed by atoms with E-state index in [0.717, 1.165) is 43.4 Å². The molecule has 2 aliphatic rings. The fraction of sp³-hybridized carbons (Fsp3) is 0.389. The van der Waals surface area contributed by atoms with Gasteiger partial charge in [-0.05, 0) is 67.1 Å². The highest BCUT2D eigenvalue weighted by Crippen LogP contribution is 2.49. The molecule has 1 N–H and O–H groups in total. The first-order valence-electron chi connectivity index (χ1n) is 15.2. The largest absolute Gasteiger partial charge is 0.496 e. The van der Waals surface area contributed by atoms with Crippen molar-refractivity contribution in [3.63, 3.8) is 0 Å². The zero-order valence-corrected chi connectivity index (χ0v) is 26.6. The second kappa shape index (κ2) is 15.1. The summed E-state index contributed by atoms with van der Waals surface area (Å²) >= 11 is 5.17. The smallest absolute Gasteiger partial charge is 0.255 e. The lowest BCUT2D eigenvalue weighted by atomic mass is 9.72. The van der Waals surface area contributed by atoms with Gasteiger partial charge in [0.15, 0.2) is 0 Å². The second-order valence-corrected chi connectivity index (χ2v) is 12.1. The molecule has 0 bridgehead atoms. The Kier molecular flexibility index (Phi) is 11.3. The van der Waals surface area contributed by atoms with E-state index in [1.807, 2.05) is 60.6 Å². The molecular weight excluding hydrogens is 554 g/mol. The first-order chi connectivity index (χ1) is 20.8. The minimum absolute atomic E-state index is 0.0354. The van der Waals surface area contributed by atoms with Crippen molar-refractivity contribution in [2.24, 2.45) is 0 Å². The maximum atomic E-state index is 13.7. The Bertz CT molecular complexity index is 1370. The first kappa shape index (κ1) is 32.2. The van der Waals surface area contributed by atoms with Crippen molar-refractivity contribution < 1.29 is 14.3 Å². The van der Waals surface area contributed by atoms with E-state index < -0.39 is 4.75 Å². The Hall–Kier alpha value is -3.71. The molecule has 0 spiro atoms. The molecule has 228 valence electrons. The van der Waals surface area contributed by atoms with Gasteiger partial charge in [-0.2, -0.15) is 12.6 Å². The number of hydrogen-bond donors (Lipinski definition) is 2. The molecule has 1 aliphatic carbocycles. The van der Waals surface area contributed by atoms with Gasteiger partial charge in [0, 0.05) is 32.7 Å². The van der Waals surface area contributed by atoms with E-state index in [0.29, 0.717) is 24.4 Å². The quantitative estimate of drug-likeness (QED) is 0.285. The fourth-order valence-electron chi connectivity index (χ4n) is 6.10. The van der Waals surface area contributed by atoms with Crippen LogP contribution in [0.1, 0.15) is 72.0 Å². The molecule has 2 amide bonds. The standard InChI is InChI=1S/C30H32N2O3S.C6H13N/c1-35-27-14-8-6-12-25(27)28(33)31-22-16-19-32(20-17-22)29(34)24-15-18-30(36,21-9-3-2-4-10-21)26-13-7-5-11-23(24)26;1-4-6-7(3)5-2/h2-14,22,24,36H,15-20H2,1H3,(H,31,33);5H,2,4,6H2,1,3H3/t24-,30+;/m0./s1. The predicted octanol–water partition coefficient (Wildman–Crippen LogP) is 6.64. The van der Waals surface area contributed by atoms with Gasteiger partial charge in [-0.3, -0.25) is 9.59 Å². The number of rotatable bonds is 8. The predicted molar refractivity (Wildman–Crippen MR) is 178 cm³/mol. The van der Waals surface area contributed by atoms with Crippen LogP contribution in [0.4, 0.5) is 0 Å². The third-order valence-corrected chi connectivity index (χ3v) is 9.23. The Morgan fingerprint density at radius 2 is 1.67 bits per heavy atom. The lowest BCUT2D eigenvalue weighted by molar-refractivity contribution is -0.134. The molecule has 5 rings (SSSR count). The Balaban J connectivity index is 0.000000541. The number of methoxy groups -OCH3 is 1. The molecular formula is C36H45N3O3S. The third kappa shape index (κ3) is 7.63. The van der Waals surface area contributed by atoms with E-state index in [1.165, 1.54) is 12.0 Å². The van der Waals surface area contributed by atoms with E-state index >= 15 is 0 Å². The van der Waals surface area contributed by atoms with E-state index in [1.54, 1.807) is 19.2 Å². The normalized spacial score (nSPS) is 19.7. The van der Waals surface area contributed by atoms with Crippen LogP contribution in [0.3, 0.4) is 0 Å². The van der Waals surface area contributed by atoms with Crippen molar-refractivity contribution in [3.05, 3.63) is 114 Å². The van der Waals surface area contributed by atoms with Crippen LogP contribution in [0.25, 0.3) is 0 Å². The van der Waals surface area contributed by atoms with Crippen LogP contribution in [0, 0.1) is 0 Å². The molecule has 0 unspecified atom stereocenters. The van der Waals surface area contributed by atoms with Crippen LogP contribution in [-0.2, 0) is 9.54 Å². The number of likely N-dealkylation sites (tertiary alicyclic amines) is 1. The number of benzene rings is 3. The zero-order chi connectivity index (χ0) is 30.8. The summed E-state index contributed by atoms with van der Waals surface area (Å²) in [5.41, 5.74) is 3.91. The topological polar surface area (TPSA) is 61.9 Å². The van der Waals surface area contributed by atoms with Crippen LogP contribution in [0.2, 0.25) is 0 Å². The van der Waals surface area contributed by atoms with Crippen LogP contribution < -0.4 is 10.1 Å². The van der Waals surface area contributed by atoms with Crippen LogP contribution >= 0.6 is 12.6 Å². The van der Waals surface area contributed by atoms with Gasteiger partial charge in [-0.1, -0.05) is 80.2 Å². The Morgan fingerprint density at radius 1 is 1.02 bits per heavy atom. The van der Waals surface area contributed by atoms with Gasteiger partial charge < -0.3 is 19.9 Å². The molecule has 2 atom stereocenters. The minimum atomic E-state index is -0.398. The molecule has 1 aliphatic heterocycles. The van der Waals surface area contributed by atoms with Gasteiger partial charge in [-0.25, -0.2) is 0 Å². The maximum Gasteiger partial charge on any atom is 0.255 e. The van der Waals surface area contributed by atoms with Crippen molar-refractivity contribution in [3.8, 4) is 5.75 Å². The molecule has 1 fully saturated rings. The summed E-state index contributed by atoms with van der Waals surface area (Å²) in [5.74, 6) is 0.448. The molecule has 3 aromatic rings. The van der Waals surface area contributed by atoms with Gasteiger partial charge in [0.2, 0.25) is 5.91 Å². The molecule has 3 aromatic carbocycles. The highest BCUT2D eigenvalue weighted by molar-refractivity contribution is 7.81. The van der Waals surface area contributed by atoms with Crippen LogP contribution in [0.15, 0.2) is 91.6 Å². The number of amides is 2. The molecule has 0 saturated carbocycles.